The lowest BCUT2D eigenvalue weighted by Crippen LogP contribution is -2.64. The molecule has 0 aliphatic heterocycles. The first-order valence-electron chi connectivity index (χ1n) is 10.6. The van der Waals surface area contributed by atoms with Crippen LogP contribution in [0.3, 0.4) is 0 Å². The highest BCUT2D eigenvalue weighted by Gasteiger charge is 2.52. The number of benzene rings is 2. The molecule has 0 saturated carbocycles. The molecule has 174 valence electrons. The highest BCUT2D eigenvalue weighted by atomic mass is 16.6. The van der Waals surface area contributed by atoms with Crippen molar-refractivity contribution in [2.24, 2.45) is 5.73 Å². The van der Waals surface area contributed by atoms with Crippen LogP contribution in [0.25, 0.3) is 0 Å². The van der Waals surface area contributed by atoms with Gasteiger partial charge in [-0.25, -0.2) is 4.79 Å². The SMILES string of the molecule is Cc1ccc([N+](=O)[O-])c(NCCCC(N)(C(=O)OC(C)(C)C)C(C)(O)c2ccccc2)c1. The van der Waals surface area contributed by atoms with Gasteiger partial charge in [-0.1, -0.05) is 36.4 Å². The minimum atomic E-state index is -1.73. The van der Waals surface area contributed by atoms with Crippen LogP contribution in [-0.4, -0.2) is 33.7 Å². The average Bonchev–Trinajstić information content (AvgIpc) is 2.70. The van der Waals surface area contributed by atoms with E-state index in [4.69, 9.17) is 10.5 Å². The Morgan fingerprint density at radius 3 is 2.34 bits per heavy atom. The van der Waals surface area contributed by atoms with Gasteiger partial charge in [-0.15, -0.1) is 0 Å². The molecule has 32 heavy (non-hydrogen) atoms. The maximum absolute atomic E-state index is 13.1. The topological polar surface area (TPSA) is 128 Å². The number of nitrogens with two attached hydrogens (primary N) is 1. The van der Waals surface area contributed by atoms with E-state index in [0.717, 1.165) is 5.56 Å². The Balaban J connectivity index is 2.24. The molecule has 8 heteroatoms. The van der Waals surface area contributed by atoms with E-state index in [9.17, 15) is 20.0 Å². The third-order valence-corrected chi connectivity index (χ3v) is 5.38. The number of esters is 1. The summed E-state index contributed by atoms with van der Waals surface area (Å²) in [5.41, 5.74) is 4.10. The van der Waals surface area contributed by atoms with Gasteiger partial charge in [0.05, 0.1) is 4.92 Å². The van der Waals surface area contributed by atoms with Gasteiger partial charge in [0.25, 0.3) is 5.69 Å². The van der Waals surface area contributed by atoms with Crippen molar-refractivity contribution < 1.29 is 19.6 Å². The van der Waals surface area contributed by atoms with Gasteiger partial charge in [-0.05, 0) is 64.7 Å². The summed E-state index contributed by atoms with van der Waals surface area (Å²) in [6.45, 7) is 8.88. The lowest BCUT2D eigenvalue weighted by Gasteiger charge is -2.42. The van der Waals surface area contributed by atoms with Crippen LogP contribution in [0.1, 0.15) is 51.7 Å². The Morgan fingerprint density at radius 2 is 1.78 bits per heavy atom. The number of nitro groups is 1. The van der Waals surface area contributed by atoms with Crippen molar-refractivity contribution in [1.29, 1.82) is 0 Å². The van der Waals surface area contributed by atoms with Crippen molar-refractivity contribution in [2.45, 2.75) is 64.2 Å². The van der Waals surface area contributed by atoms with Gasteiger partial charge in [-0.3, -0.25) is 10.1 Å². The van der Waals surface area contributed by atoms with E-state index < -0.39 is 27.6 Å². The molecular weight excluding hydrogens is 410 g/mol. The third-order valence-electron chi connectivity index (χ3n) is 5.38. The minimum absolute atomic E-state index is 0.0296. The zero-order chi connectivity index (χ0) is 24.2. The Morgan fingerprint density at radius 1 is 1.16 bits per heavy atom. The Kier molecular flexibility index (Phi) is 7.64. The van der Waals surface area contributed by atoms with Crippen LogP contribution in [0.15, 0.2) is 48.5 Å². The summed E-state index contributed by atoms with van der Waals surface area (Å²) in [6, 6.07) is 13.6. The summed E-state index contributed by atoms with van der Waals surface area (Å²) >= 11 is 0. The number of rotatable bonds is 9. The summed E-state index contributed by atoms with van der Waals surface area (Å²) in [7, 11) is 0. The third kappa shape index (κ3) is 5.83. The molecule has 2 aromatic rings. The number of anilines is 1. The lowest BCUT2D eigenvalue weighted by molar-refractivity contribution is -0.384. The van der Waals surface area contributed by atoms with E-state index in [1.807, 2.05) is 13.0 Å². The van der Waals surface area contributed by atoms with E-state index in [1.54, 1.807) is 57.2 Å². The Bertz CT molecular complexity index is 954. The summed E-state index contributed by atoms with van der Waals surface area (Å²) in [6.07, 6.45) is 0.459. The molecule has 0 spiro atoms. The van der Waals surface area contributed by atoms with Crippen LogP contribution in [0.4, 0.5) is 11.4 Å². The minimum Gasteiger partial charge on any atom is -0.459 e. The van der Waals surface area contributed by atoms with Gasteiger partial charge in [0.1, 0.15) is 22.4 Å². The number of carbonyl (C=O) groups is 1. The number of carbonyl (C=O) groups excluding carboxylic acids is 1. The summed E-state index contributed by atoms with van der Waals surface area (Å²) < 4.78 is 5.56. The molecule has 2 aromatic carbocycles. The van der Waals surface area contributed by atoms with Crippen molar-refractivity contribution in [3.63, 3.8) is 0 Å². The quantitative estimate of drug-likeness (QED) is 0.231. The van der Waals surface area contributed by atoms with Gasteiger partial charge in [0.15, 0.2) is 0 Å². The molecule has 0 heterocycles. The number of aryl methyl sites for hydroxylation is 1. The van der Waals surface area contributed by atoms with Gasteiger partial charge < -0.3 is 20.9 Å². The average molecular weight is 444 g/mol. The number of nitrogens with zero attached hydrogens (tertiary/aromatic N) is 1. The molecule has 0 aliphatic rings. The maximum Gasteiger partial charge on any atom is 0.330 e. The van der Waals surface area contributed by atoms with Crippen molar-refractivity contribution in [3.8, 4) is 0 Å². The van der Waals surface area contributed by atoms with E-state index in [2.05, 4.69) is 5.32 Å². The molecule has 2 unspecified atom stereocenters. The number of aliphatic hydroxyl groups is 1. The molecule has 0 bridgehead atoms. The van der Waals surface area contributed by atoms with Crippen molar-refractivity contribution in [1.82, 2.24) is 0 Å². The van der Waals surface area contributed by atoms with Crippen molar-refractivity contribution in [3.05, 3.63) is 69.8 Å². The molecular formula is C24H33N3O5. The summed E-state index contributed by atoms with van der Waals surface area (Å²) in [4.78, 5) is 24.0. The van der Waals surface area contributed by atoms with Crippen LogP contribution in [0.5, 0.6) is 0 Å². The van der Waals surface area contributed by atoms with Gasteiger partial charge >= 0.3 is 5.97 Å². The monoisotopic (exact) mass is 443 g/mol. The second-order valence-electron chi connectivity index (χ2n) is 9.22. The van der Waals surface area contributed by atoms with E-state index in [0.29, 0.717) is 24.2 Å². The van der Waals surface area contributed by atoms with Crippen LogP contribution >= 0.6 is 0 Å². The van der Waals surface area contributed by atoms with Crippen LogP contribution in [0.2, 0.25) is 0 Å². The largest absolute Gasteiger partial charge is 0.459 e. The predicted octanol–water partition coefficient (Wildman–Crippen LogP) is 4.04. The number of hydrogen-bond donors (Lipinski definition) is 3. The number of ether oxygens (including phenoxy) is 1. The molecule has 0 fully saturated rings. The first-order valence-corrected chi connectivity index (χ1v) is 10.6. The maximum atomic E-state index is 13.1. The second-order valence-corrected chi connectivity index (χ2v) is 9.22. The highest BCUT2D eigenvalue weighted by Crippen LogP contribution is 2.36. The molecule has 0 amide bonds. The standard InChI is InChI=1S/C24H33N3O5/c1-17-12-13-20(27(30)31)19(16-17)26-15-9-14-24(25,21(28)32-22(2,3)4)23(5,29)18-10-7-6-8-11-18/h6-8,10-13,16,26,29H,9,14-15,25H2,1-5H3. The molecule has 0 radical (unpaired) electrons. The van der Waals surface area contributed by atoms with Crippen LogP contribution in [-0.2, 0) is 15.1 Å². The van der Waals surface area contributed by atoms with Gasteiger partial charge in [0.2, 0.25) is 0 Å². The summed E-state index contributed by atoms with van der Waals surface area (Å²) in [5.74, 6) is -0.708. The fourth-order valence-corrected chi connectivity index (χ4v) is 3.47. The zero-order valence-electron chi connectivity index (χ0n) is 19.3. The fourth-order valence-electron chi connectivity index (χ4n) is 3.47. The zero-order valence-corrected chi connectivity index (χ0v) is 19.3. The molecule has 2 atom stereocenters. The highest BCUT2D eigenvalue weighted by molar-refractivity contribution is 5.83. The fraction of sp³-hybridized carbons (Fsp3) is 0.458. The van der Waals surface area contributed by atoms with E-state index in [1.165, 1.54) is 13.0 Å². The molecule has 4 N–H and O–H groups in total. The molecule has 0 saturated heterocycles. The van der Waals surface area contributed by atoms with E-state index >= 15 is 0 Å². The van der Waals surface area contributed by atoms with Crippen LogP contribution < -0.4 is 11.1 Å². The molecule has 2 rings (SSSR count). The lowest BCUT2D eigenvalue weighted by atomic mass is 9.74. The van der Waals surface area contributed by atoms with Gasteiger partial charge in [0, 0.05) is 12.6 Å². The Hall–Kier alpha value is -2.97. The number of nitrogens with one attached hydrogen (secondary N) is 1. The van der Waals surface area contributed by atoms with Crippen molar-refractivity contribution in [2.75, 3.05) is 11.9 Å². The Labute approximate surface area is 188 Å². The smallest absolute Gasteiger partial charge is 0.330 e. The first kappa shape index (κ1) is 25.3. The number of hydrogen-bond acceptors (Lipinski definition) is 7. The van der Waals surface area contributed by atoms with Gasteiger partial charge in [-0.2, -0.15) is 0 Å². The normalized spacial score (nSPS) is 15.3. The predicted molar refractivity (Wildman–Crippen MR) is 124 cm³/mol. The second kappa shape index (κ2) is 9.67. The first-order chi connectivity index (χ1) is 14.8. The summed E-state index contributed by atoms with van der Waals surface area (Å²) in [5, 5.41) is 25.7. The molecule has 0 aromatic heterocycles. The van der Waals surface area contributed by atoms with E-state index in [-0.39, 0.29) is 12.1 Å². The van der Waals surface area contributed by atoms with Crippen LogP contribution in [0, 0.1) is 17.0 Å². The number of nitro benzene ring substituents is 1. The van der Waals surface area contributed by atoms with Crippen molar-refractivity contribution >= 4 is 17.3 Å². The molecule has 0 aliphatic carbocycles. The molecule has 8 nitrogen and oxygen atoms in total.